The lowest BCUT2D eigenvalue weighted by molar-refractivity contribution is -0.122. The molecule has 2 aromatic carbocycles. The van der Waals surface area contributed by atoms with Crippen molar-refractivity contribution in [2.45, 2.75) is 23.1 Å². The molecule has 0 radical (unpaired) electrons. The Morgan fingerprint density at radius 1 is 1.10 bits per heavy atom. The maximum absolute atomic E-state index is 12.3. The third-order valence-corrected chi connectivity index (χ3v) is 5.79. The Kier molecular flexibility index (Phi) is 6.80. The van der Waals surface area contributed by atoms with Crippen LogP contribution in [-0.2, 0) is 10.5 Å². The van der Waals surface area contributed by atoms with Crippen molar-refractivity contribution in [2.75, 3.05) is 5.32 Å². The predicted molar refractivity (Wildman–Crippen MR) is 111 cm³/mol. The number of nitriles is 2. The van der Waals surface area contributed by atoms with E-state index in [0.717, 1.165) is 9.90 Å². The molecule has 1 aromatic heterocycles. The third kappa shape index (κ3) is 5.79. The summed E-state index contributed by atoms with van der Waals surface area (Å²) in [4.78, 5) is 12.3. The van der Waals surface area contributed by atoms with Crippen molar-refractivity contribution in [3.8, 4) is 17.9 Å². The van der Waals surface area contributed by atoms with Gasteiger partial charge in [-0.15, -0.1) is 10.2 Å². The van der Waals surface area contributed by atoms with E-state index in [0.29, 0.717) is 27.8 Å². The van der Waals surface area contributed by atoms with Crippen molar-refractivity contribution in [3.63, 3.8) is 0 Å². The van der Waals surface area contributed by atoms with Gasteiger partial charge in [0.1, 0.15) is 5.75 Å². The molecule has 0 aliphatic carbocycles. The molecule has 0 saturated carbocycles. The molecule has 1 atom stereocenters. The number of anilines is 1. The van der Waals surface area contributed by atoms with Crippen LogP contribution in [0.1, 0.15) is 23.6 Å². The summed E-state index contributed by atoms with van der Waals surface area (Å²) in [6, 6.07) is 18.0. The van der Waals surface area contributed by atoms with Crippen LogP contribution in [0.2, 0.25) is 0 Å². The van der Waals surface area contributed by atoms with E-state index in [1.807, 2.05) is 18.2 Å². The van der Waals surface area contributed by atoms with E-state index in [1.165, 1.54) is 23.1 Å². The Morgan fingerprint density at radius 3 is 2.34 bits per heavy atom. The van der Waals surface area contributed by atoms with Gasteiger partial charge in [0.05, 0.1) is 23.3 Å². The summed E-state index contributed by atoms with van der Waals surface area (Å²) in [6.07, 6.45) is -0.735. The summed E-state index contributed by atoms with van der Waals surface area (Å²) in [5.74, 6) is 0.851. The summed E-state index contributed by atoms with van der Waals surface area (Å²) < 4.78 is 6.31. The first-order valence-corrected chi connectivity index (χ1v) is 10.3. The lowest BCUT2D eigenvalue weighted by Gasteiger charge is -2.13. The molecule has 0 fully saturated rings. The summed E-state index contributed by atoms with van der Waals surface area (Å²) in [5.41, 5.74) is 2.21. The first kappa shape index (κ1) is 20.3. The van der Waals surface area contributed by atoms with Crippen LogP contribution in [0.4, 0.5) is 5.13 Å². The highest BCUT2D eigenvalue weighted by molar-refractivity contribution is 8.00. The van der Waals surface area contributed by atoms with Gasteiger partial charge in [0.25, 0.3) is 5.91 Å². The topological polar surface area (TPSA) is 112 Å². The van der Waals surface area contributed by atoms with Crippen molar-refractivity contribution in [3.05, 3.63) is 65.2 Å². The molecular formula is C20H15N5O2S2. The smallest absolute Gasteiger partial charge is 0.266 e. The maximum atomic E-state index is 12.3. The number of nitrogens with one attached hydrogen (secondary N) is 1. The second-order valence-corrected chi connectivity index (χ2v) is 8.06. The standard InChI is InChI=1S/C20H15N5O2S2/c1-13(27-17-8-6-15(11-22)7-9-17)18(26)23-19-24-25-20(29-19)28-12-16-4-2-14(10-21)3-5-16/h2-9,13H,12H2,1H3,(H,23,24,26). The number of ether oxygens (including phenoxy) is 1. The molecule has 0 aliphatic rings. The molecule has 3 aromatic rings. The molecule has 144 valence electrons. The lowest BCUT2D eigenvalue weighted by atomic mass is 10.2. The van der Waals surface area contributed by atoms with Gasteiger partial charge in [-0.05, 0) is 48.9 Å². The second-order valence-electron chi connectivity index (χ2n) is 5.86. The highest BCUT2D eigenvalue weighted by Gasteiger charge is 2.17. The van der Waals surface area contributed by atoms with Gasteiger partial charge in [-0.2, -0.15) is 10.5 Å². The van der Waals surface area contributed by atoms with Crippen LogP contribution in [0.25, 0.3) is 0 Å². The zero-order chi connectivity index (χ0) is 20.6. The van der Waals surface area contributed by atoms with E-state index in [9.17, 15) is 4.79 Å². The molecule has 7 nitrogen and oxygen atoms in total. The molecule has 3 rings (SSSR count). The van der Waals surface area contributed by atoms with Crippen LogP contribution in [0.15, 0.2) is 52.9 Å². The number of amides is 1. The quantitative estimate of drug-likeness (QED) is 0.453. The van der Waals surface area contributed by atoms with Gasteiger partial charge in [0.15, 0.2) is 10.4 Å². The van der Waals surface area contributed by atoms with Crippen LogP contribution >= 0.6 is 23.1 Å². The average molecular weight is 422 g/mol. The average Bonchev–Trinajstić information content (AvgIpc) is 3.20. The highest BCUT2D eigenvalue weighted by atomic mass is 32.2. The maximum Gasteiger partial charge on any atom is 0.266 e. The zero-order valence-electron chi connectivity index (χ0n) is 15.3. The molecule has 1 amide bonds. The fraction of sp³-hybridized carbons (Fsp3) is 0.150. The van der Waals surface area contributed by atoms with Gasteiger partial charge in [0.2, 0.25) is 5.13 Å². The first-order valence-electron chi connectivity index (χ1n) is 8.50. The zero-order valence-corrected chi connectivity index (χ0v) is 17.0. The van der Waals surface area contributed by atoms with Gasteiger partial charge in [-0.25, -0.2) is 0 Å². The molecule has 1 heterocycles. The molecule has 0 bridgehead atoms. The first-order chi connectivity index (χ1) is 14.1. The van der Waals surface area contributed by atoms with E-state index >= 15 is 0 Å². The van der Waals surface area contributed by atoms with E-state index < -0.39 is 6.10 Å². The normalized spacial score (nSPS) is 11.1. The number of carbonyl (C=O) groups is 1. The van der Waals surface area contributed by atoms with Crippen LogP contribution < -0.4 is 10.1 Å². The third-order valence-electron chi connectivity index (χ3n) is 3.75. The van der Waals surface area contributed by atoms with Crippen LogP contribution in [0, 0.1) is 22.7 Å². The Hall–Kier alpha value is -3.40. The summed E-state index contributed by atoms with van der Waals surface area (Å²) >= 11 is 2.78. The number of benzene rings is 2. The molecule has 0 aliphatic heterocycles. The number of thioether (sulfide) groups is 1. The lowest BCUT2D eigenvalue weighted by Crippen LogP contribution is -2.30. The van der Waals surface area contributed by atoms with E-state index in [1.54, 1.807) is 43.3 Å². The van der Waals surface area contributed by atoms with Crippen molar-refractivity contribution in [2.24, 2.45) is 0 Å². The minimum atomic E-state index is -0.735. The molecule has 29 heavy (non-hydrogen) atoms. The molecule has 0 spiro atoms. The predicted octanol–water partition coefficient (Wildman–Crippen LogP) is 3.98. The van der Waals surface area contributed by atoms with Crippen molar-refractivity contribution >= 4 is 34.1 Å². The van der Waals surface area contributed by atoms with Gasteiger partial charge in [-0.3, -0.25) is 10.1 Å². The Bertz CT molecular complexity index is 1070. The number of carbonyl (C=O) groups excluding carboxylic acids is 1. The fourth-order valence-electron chi connectivity index (χ4n) is 2.21. The Balaban J connectivity index is 1.51. The van der Waals surface area contributed by atoms with Crippen LogP contribution in [0.5, 0.6) is 5.75 Å². The van der Waals surface area contributed by atoms with Crippen molar-refractivity contribution < 1.29 is 9.53 Å². The van der Waals surface area contributed by atoms with E-state index in [4.69, 9.17) is 15.3 Å². The van der Waals surface area contributed by atoms with Gasteiger partial charge < -0.3 is 4.74 Å². The summed E-state index contributed by atoms with van der Waals surface area (Å²) in [6.45, 7) is 1.63. The second kappa shape index (κ2) is 9.69. The minimum Gasteiger partial charge on any atom is -0.481 e. The molecular weight excluding hydrogens is 406 g/mol. The van der Waals surface area contributed by atoms with E-state index in [2.05, 4.69) is 21.6 Å². The number of hydrogen-bond acceptors (Lipinski definition) is 8. The van der Waals surface area contributed by atoms with Crippen molar-refractivity contribution in [1.82, 2.24) is 10.2 Å². The molecule has 1 unspecified atom stereocenters. The van der Waals surface area contributed by atoms with Crippen LogP contribution in [-0.4, -0.2) is 22.2 Å². The molecule has 0 saturated heterocycles. The molecule has 9 heteroatoms. The van der Waals surface area contributed by atoms with Crippen LogP contribution in [0.3, 0.4) is 0 Å². The molecule has 1 N–H and O–H groups in total. The summed E-state index contributed by atoms with van der Waals surface area (Å²) in [5, 5.41) is 28.8. The van der Waals surface area contributed by atoms with E-state index in [-0.39, 0.29) is 5.91 Å². The number of aromatic nitrogens is 2. The fourth-order valence-corrected chi connectivity index (χ4v) is 3.92. The number of hydrogen-bond donors (Lipinski definition) is 1. The van der Waals surface area contributed by atoms with Gasteiger partial charge >= 0.3 is 0 Å². The Morgan fingerprint density at radius 2 is 1.72 bits per heavy atom. The van der Waals surface area contributed by atoms with Gasteiger partial charge in [0, 0.05) is 5.75 Å². The largest absolute Gasteiger partial charge is 0.481 e. The summed E-state index contributed by atoms with van der Waals surface area (Å²) in [7, 11) is 0. The van der Waals surface area contributed by atoms with Crippen molar-refractivity contribution in [1.29, 1.82) is 10.5 Å². The monoisotopic (exact) mass is 421 g/mol. The number of nitrogens with zero attached hydrogens (tertiary/aromatic N) is 4. The highest BCUT2D eigenvalue weighted by Crippen LogP contribution is 2.28. The minimum absolute atomic E-state index is 0.339. The number of rotatable bonds is 7. The SMILES string of the molecule is CC(Oc1ccc(C#N)cc1)C(=O)Nc1nnc(SCc2ccc(C#N)cc2)s1. The van der Waals surface area contributed by atoms with Gasteiger partial charge in [-0.1, -0.05) is 35.2 Å². The Labute approximate surface area is 176 Å².